The fraction of sp³-hybridized carbons (Fsp3) is 0.200. The fourth-order valence-corrected chi connectivity index (χ4v) is 1.93. The molecule has 0 fully saturated rings. The second kappa shape index (κ2) is 5.34. The van der Waals surface area contributed by atoms with Crippen molar-refractivity contribution < 1.29 is 13.2 Å². The predicted octanol–water partition coefficient (Wildman–Crippen LogP) is 4.59. The summed E-state index contributed by atoms with van der Waals surface area (Å²) in [6.07, 6.45) is 0. The lowest BCUT2D eigenvalue weighted by molar-refractivity contribution is 0.566. The quantitative estimate of drug-likeness (QED) is 0.856. The smallest absolute Gasteiger partial charge is 0.131 e. The SMILES string of the molecule is Cc1c(F)cccc1NC(C)c1ccc(F)cc1F. The molecule has 0 aliphatic carbocycles. The van der Waals surface area contributed by atoms with Gasteiger partial charge in [0, 0.05) is 22.9 Å². The van der Waals surface area contributed by atoms with Crippen LogP contribution in [0.4, 0.5) is 18.9 Å². The third-order valence-corrected chi connectivity index (χ3v) is 3.07. The Morgan fingerprint density at radius 1 is 1.00 bits per heavy atom. The molecule has 0 radical (unpaired) electrons. The predicted molar refractivity (Wildman–Crippen MR) is 69.5 cm³/mol. The topological polar surface area (TPSA) is 12.0 Å². The van der Waals surface area contributed by atoms with Crippen molar-refractivity contribution in [3.8, 4) is 0 Å². The standard InChI is InChI=1S/C15H14F3N/c1-9-13(17)4-3-5-15(9)19-10(2)12-7-6-11(16)8-14(12)18/h3-8,10,19H,1-2H3. The first-order valence-corrected chi connectivity index (χ1v) is 5.95. The minimum Gasteiger partial charge on any atom is -0.378 e. The van der Waals surface area contributed by atoms with E-state index in [2.05, 4.69) is 5.32 Å². The lowest BCUT2D eigenvalue weighted by atomic mass is 10.1. The van der Waals surface area contributed by atoms with Crippen molar-refractivity contribution in [1.29, 1.82) is 0 Å². The van der Waals surface area contributed by atoms with Crippen LogP contribution in [0.25, 0.3) is 0 Å². The van der Waals surface area contributed by atoms with Gasteiger partial charge < -0.3 is 5.32 Å². The second-order valence-electron chi connectivity index (χ2n) is 4.44. The van der Waals surface area contributed by atoms with Gasteiger partial charge in [-0.2, -0.15) is 0 Å². The Kier molecular flexibility index (Phi) is 3.79. The monoisotopic (exact) mass is 265 g/mol. The van der Waals surface area contributed by atoms with Gasteiger partial charge >= 0.3 is 0 Å². The molecule has 1 unspecified atom stereocenters. The molecule has 2 rings (SSSR count). The van der Waals surface area contributed by atoms with Crippen LogP contribution in [0.3, 0.4) is 0 Å². The van der Waals surface area contributed by atoms with E-state index in [0.717, 1.165) is 6.07 Å². The minimum absolute atomic E-state index is 0.322. The zero-order chi connectivity index (χ0) is 14.0. The van der Waals surface area contributed by atoms with Crippen LogP contribution in [0.1, 0.15) is 24.1 Å². The number of nitrogens with one attached hydrogen (secondary N) is 1. The normalized spacial score (nSPS) is 12.3. The van der Waals surface area contributed by atoms with Gasteiger partial charge in [-0.25, -0.2) is 13.2 Å². The highest BCUT2D eigenvalue weighted by Gasteiger charge is 2.13. The highest BCUT2D eigenvalue weighted by atomic mass is 19.1. The molecule has 1 N–H and O–H groups in total. The summed E-state index contributed by atoms with van der Waals surface area (Å²) in [4.78, 5) is 0. The molecule has 0 amide bonds. The first-order valence-electron chi connectivity index (χ1n) is 5.95. The van der Waals surface area contributed by atoms with E-state index in [1.165, 1.54) is 18.2 Å². The van der Waals surface area contributed by atoms with Gasteiger partial charge in [0.25, 0.3) is 0 Å². The minimum atomic E-state index is -0.617. The first kappa shape index (κ1) is 13.5. The Labute approximate surface area is 110 Å². The summed E-state index contributed by atoms with van der Waals surface area (Å²) in [5.41, 5.74) is 1.40. The molecule has 0 aromatic heterocycles. The third-order valence-electron chi connectivity index (χ3n) is 3.07. The molecule has 1 atom stereocenters. The molecular formula is C15H14F3N. The number of anilines is 1. The van der Waals surface area contributed by atoms with E-state index in [0.29, 0.717) is 16.8 Å². The number of benzene rings is 2. The Morgan fingerprint density at radius 3 is 2.42 bits per heavy atom. The summed E-state index contributed by atoms with van der Waals surface area (Å²) in [6.45, 7) is 3.38. The van der Waals surface area contributed by atoms with Crippen LogP contribution in [-0.2, 0) is 0 Å². The molecule has 2 aromatic rings. The molecule has 0 aliphatic rings. The molecule has 0 spiro atoms. The van der Waals surface area contributed by atoms with Crippen molar-refractivity contribution in [2.45, 2.75) is 19.9 Å². The molecular weight excluding hydrogens is 251 g/mol. The largest absolute Gasteiger partial charge is 0.378 e. The Morgan fingerprint density at radius 2 is 1.74 bits per heavy atom. The summed E-state index contributed by atoms with van der Waals surface area (Å²) < 4.78 is 39.9. The van der Waals surface area contributed by atoms with Gasteiger partial charge in [-0.1, -0.05) is 12.1 Å². The molecule has 0 heterocycles. The van der Waals surface area contributed by atoms with Crippen molar-refractivity contribution in [2.24, 2.45) is 0 Å². The van der Waals surface area contributed by atoms with E-state index in [4.69, 9.17) is 0 Å². The maximum Gasteiger partial charge on any atom is 0.131 e. The van der Waals surface area contributed by atoms with Gasteiger partial charge in [0.15, 0.2) is 0 Å². The van der Waals surface area contributed by atoms with Crippen molar-refractivity contribution in [3.63, 3.8) is 0 Å². The zero-order valence-corrected chi connectivity index (χ0v) is 10.7. The van der Waals surface area contributed by atoms with E-state index in [1.807, 2.05) is 0 Å². The van der Waals surface area contributed by atoms with Crippen LogP contribution in [-0.4, -0.2) is 0 Å². The van der Waals surface area contributed by atoms with Crippen LogP contribution < -0.4 is 5.32 Å². The average molecular weight is 265 g/mol. The number of hydrogen-bond donors (Lipinski definition) is 1. The first-order chi connectivity index (χ1) is 8.99. The summed E-state index contributed by atoms with van der Waals surface area (Å²) in [5, 5.41) is 3.03. The number of rotatable bonds is 3. The molecule has 4 heteroatoms. The third kappa shape index (κ3) is 2.89. The summed E-state index contributed by atoms with van der Waals surface area (Å²) in [5.74, 6) is -1.55. The summed E-state index contributed by atoms with van der Waals surface area (Å²) in [6, 6.07) is 7.71. The average Bonchev–Trinajstić information content (AvgIpc) is 2.34. The summed E-state index contributed by atoms with van der Waals surface area (Å²) in [7, 11) is 0. The van der Waals surface area contributed by atoms with Crippen molar-refractivity contribution in [2.75, 3.05) is 5.32 Å². The lowest BCUT2D eigenvalue weighted by Crippen LogP contribution is -2.10. The van der Waals surface area contributed by atoms with Gasteiger partial charge in [0.2, 0.25) is 0 Å². The highest BCUT2D eigenvalue weighted by molar-refractivity contribution is 5.52. The zero-order valence-electron chi connectivity index (χ0n) is 10.7. The van der Waals surface area contributed by atoms with Crippen LogP contribution in [0.15, 0.2) is 36.4 Å². The molecule has 0 aliphatic heterocycles. The Balaban J connectivity index is 2.25. The van der Waals surface area contributed by atoms with E-state index >= 15 is 0 Å². The molecule has 0 saturated heterocycles. The number of hydrogen-bond acceptors (Lipinski definition) is 1. The lowest BCUT2D eigenvalue weighted by Gasteiger charge is -2.18. The van der Waals surface area contributed by atoms with Gasteiger partial charge in [0.05, 0.1) is 6.04 Å². The van der Waals surface area contributed by atoms with Gasteiger partial charge in [-0.3, -0.25) is 0 Å². The fourth-order valence-electron chi connectivity index (χ4n) is 1.93. The number of halogens is 3. The molecule has 0 bridgehead atoms. The van der Waals surface area contributed by atoms with Gasteiger partial charge in [-0.05, 0) is 32.0 Å². The molecule has 1 nitrogen and oxygen atoms in total. The molecule has 2 aromatic carbocycles. The van der Waals surface area contributed by atoms with E-state index in [-0.39, 0.29) is 11.9 Å². The highest BCUT2D eigenvalue weighted by Crippen LogP contribution is 2.25. The van der Waals surface area contributed by atoms with Crippen molar-refractivity contribution in [1.82, 2.24) is 0 Å². The summed E-state index contributed by atoms with van der Waals surface area (Å²) >= 11 is 0. The molecule has 100 valence electrons. The van der Waals surface area contributed by atoms with Crippen LogP contribution in [0.2, 0.25) is 0 Å². The van der Waals surface area contributed by atoms with Crippen LogP contribution >= 0.6 is 0 Å². The van der Waals surface area contributed by atoms with E-state index in [9.17, 15) is 13.2 Å². The Hall–Kier alpha value is -1.97. The van der Waals surface area contributed by atoms with Gasteiger partial charge in [0.1, 0.15) is 17.5 Å². The van der Waals surface area contributed by atoms with Crippen LogP contribution in [0.5, 0.6) is 0 Å². The molecule has 19 heavy (non-hydrogen) atoms. The maximum absolute atomic E-state index is 13.6. The van der Waals surface area contributed by atoms with E-state index < -0.39 is 11.6 Å². The Bertz CT molecular complexity index is 596. The second-order valence-corrected chi connectivity index (χ2v) is 4.44. The van der Waals surface area contributed by atoms with Crippen molar-refractivity contribution >= 4 is 5.69 Å². The van der Waals surface area contributed by atoms with Gasteiger partial charge in [-0.15, -0.1) is 0 Å². The van der Waals surface area contributed by atoms with Crippen molar-refractivity contribution in [3.05, 3.63) is 65.0 Å². The maximum atomic E-state index is 13.6. The van der Waals surface area contributed by atoms with Crippen LogP contribution in [0, 0.1) is 24.4 Å². The van der Waals surface area contributed by atoms with E-state index in [1.54, 1.807) is 26.0 Å². The molecule has 0 saturated carbocycles.